The summed E-state index contributed by atoms with van der Waals surface area (Å²) in [6.07, 6.45) is 10.2. The minimum Gasteiger partial charge on any atom is -0.327 e. The Morgan fingerprint density at radius 2 is 1.74 bits per heavy atom. The summed E-state index contributed by atoms with van der Waals surface area (Å²) in [6.45, 7) is 0. The molecule has 3 rings (SSSR count). The molecular weight excluding hydrogens is 304 g/mol. The number of hydrogen-bond donors (Lipinski definition) is 2. The standard InChI is InChI=1S/C15H13BrN2O/c16-12-7-5-11(6-8-12)14-9-13(17-15(19)18-14)10-3-1-2-4-10/h1-10,14H,(H2,17,18,19). The van der Waals surface area contributed by atoms with Crippen molar-refractivity contribution in [1.82, 2.24) is 10.6 Å². The van der Waals surface area contributed by atoms with Crippen molar-refractivity contribution in [3.05, 3.63) is 70.4 Å². The van der Waals surface area contributed by atoms with Gasteiger partial charge in [0.2, 0.25) is 0 Å². The monoisotopic (exact) mass is 316 g/mol. The van der Waals surface area contributed by atoms with Gasteiger partial charge in [0.15, 0.2) is 0 Å². The minimum absolute atomic E-state index is 0.0840. The maximum Gasteiger partial charge on any atom is 0.319 e. The van der Waals surface area contributed by atoms with Gasteiger partial charge in [-0.1, -0.05) is 52.4 Å². The van der Waals surface area contributed by atoms with Crippen LogP contribution in [0.2, 0.25) is 0 Å². The molecular formula is C15H13BrN2O. The smallest absolute Gasteiger partial charge is 0.319 e. The van der Waals surface area contributed by atoms with Crippen molar-refractivity contribution >= 4 is 22.0 Å². The van der Waals surface area contributed by atoms with Crippen molar-refractivity contribution < 1.29 is 4.79 Å². The number of nitrogens with one attached hydrogen (secondary N) is 2. The zero-order valence-electron chi connectivity index (χ0n) is 10.1. The van der Waals surface area contributed by atoms with Crippen molar-refractivity contribution in [3.63, 3.8) is 0 Å². The Morgan fingerprint density at radius 1 is 1.05 bits per heavy atom. The van der Waals surface area contributed by atoms with E-state index in [2.05, 4.69) is 44.8 Å². The second-order valence-corrected chi connectivity index (χ2v) is 5.46. The average molecular weight is 317 g/mol. The summed E-state index contributed by atoms with van der Waals surface area (Å²) < 4.78 is 1.03. The van der Waals surface area contributed by atoms with Gasteiger partial charge >= 0.3 is 6.03 Å². The molecule has 1 aliphatic heterocycles. The third-order valence-corrected chi connectivity index (χ3v) is 3.76. The van der Waals surface area contributed by atoms with Gasteiger partial charge in [0.05, 0.1) is 6.04 Å². The molecule has 0 saturated heterocycles. The van der Waals surface area contributed by atoms with Gasteiger partial charge in [-0.25, -0.2) is 4.79 Å². The van der Waals surface area contributed by atoms with E-state index in [1.165, 1.54) is 0 Å². The lowest BCUT2D eigenvalue weighted by Gasteiger charge is -2.26. The van der Waals surface area contributed by atoms with Crippen LogP contribution in [0.4, 0.5) is 4.79 Å². The number of carbonyl (C=O) groups is 1. The van der Waals surface area contributed by atoms with Crippen LogP contribution in [-0.4, -0.2) is 6.03 Å². The summed E-state index contributed by atoms with van der Waals surface area (Å²) >= 11 is 3.41. The van der Waals surface area contributed by atoms with Gasteiger partial charge in [0.1, 0.15) is 0 Å². The lowest BCUT2D eigenvalue weighted by atomic mass is 9.99. The summed E-state index contributed by atoms with van der Waals surface area (Å²) in [5, 5.41) is 5.78. The molecule has 2 N–H and O–H groups in total. The maximum absolute atomic E-state index is 11.8. The Kier molecular flexibility index (Phi) is 3.25. The molecule has 0 spiro atoms. The predicted molar refractivity (Wildman–Crippen MR) is 78.4 cm³/mol. The van der Waals surface area contributed by atoms with E-state index in [-0.39, 0.29) is 18.0 Å². The molecule has 1 heterocycles. The van der Waals surface area contributed by atoms with Crippen LogP contribution in [0.5, 0.6) is 0 Å². The first-order chi connectivity index (χ1) is 9.22. The van der Waals surface area contributed by atoms with Gasteiger partial charge in [-0.05, 0) is 23.8 Å². The Balaban J connectivity index is 1.90. The summed E-state index contributed by atoms with van der Waals surface area (Å²) in [6, 6.07) is 7.74. The highest BCUT2D eigenvalue weighted by molar-refractivity contribution is 9.10. The third kappa shape index (κ3) is 2.63. The van der Waals surface area contributed by atoms with Crippen molar-refractivity contribution in [2.75, 3.05) is 0 Å². The first kappa shape index (κ1) is 12.2. The second-order valence-electron chi connectivity index (χ2n) is 4.55. The highest BCUT2D eigenvalue weighted by Crippen LogP contribution is 2.25. The number of hydrogen-bond acceptors (Lipinski definition) is 1. The molecule has 1 unspecified atom stereocenters. The Bertz CT molecular complexity index is 575. The first-order valence-electron chi connectivity index (χ1n) is 6.12. The normalized spacial score (nSPS) is 22.1. The van der Waals surface area contributed by atoms with Crippen molar-refractivity contribution in [1.29, 1.82) is 0 Å². The van der Waals surface area contributed by atoms with Gasteiger partial charge < -0.3 is 10.6 Å². The van der Waals surface area contributed by atoms with Gasteiger partial charge in [-0.15, -0.1) is 0 Å². The number of rotatable bonds is 2. The van der Waals surface area contributed by atoms with E-state index in [1.807, 2.05) is 36.4 Å². The van der Waals surface area contributed by atoms with E-state index in [4.69, 9.17) is 0 Å². The van der Waals surface area contributed by atoms with Crippen LogP contribution in [0.15, 0.2) is 64.8 Å². The van der Waals surface area contributed by atoms with Crippen molar-refractivity contribution in [2.24, 2.45) is 5.92 Å². The highest BCUT2D eigenvalue weighted by atomic mass is 79.9. The number of allylic oxidation sites excluding steroid dienone is 3. The molecule has 0 fully saturated rings. The molecule has 1 atom stereocenters. The molecule has 3 nitrogen and oxygen atoms in total. The fourth-order valence-corrected chi connectivity index (χ4v) is 2.52. The van der Waals surface area contributed by atoms with Crippen LogP contribution in [0.1, 0.15) is 11.6 Å². The van der Waals surface area contributed by atoms with Gasteiger partial charge in [-0.2, -0.15) is 0 Å². The average Bonchev–Trinajstić information content (AvgIpc) is 2.93. The quantitative estimate of drug-likeness (QED) is 0.862. The molecule has 1 aromatic rings. The molecule has 19 heavy (non-hydrogen) atoms. The summed E-state index contributed by atoms with van der Waals surface area (Å²) in [4.78, 5) is 11.8. The van der Waals surface area contributed by atoms with E-state index in [9.17, 15) is 4.79 Å². The van der Waals surface area contributed by atoms with Crippen LogP contribution < -0.4 is 10.6 Å². The fourth-order valence-electron chi connectivity index (χ4n) is 2.25. The van der Waals surface area contributed by atoms with Crippen LogP contribution >= 0.6 is 15.9 Å². The number of halogens is 1. The number of benzene rings is 1. The summed E-state index contributed by atoms with van der Waals surface area (Å²) in [5.41, 5.74) is 2.00. The SMILES string of the molecule is O=C1NC(C2C=CC=C2)=CC(c2ccc(Br)cc2)N1. The molecule has 1 aromatic carbocycles. The fraction of sp³-hybridized carbons (Fsp3) is 0.133. The topological polar surface area (TPSA) is 41.1 Å². The molecule has 0 saturated carbocycles. The largest absolute Gasteiger partial charge is 0.327 e. The molecule has 0 radical (unpaired) electrons. The van der Waals surface area contributed by atoms with Gasteiger partial charge in [0, 0.05) is 16.1 Å². The molecule has 2 aliphatic rings. The van der Waals surface area contributed by atoms with Crippen LogP contribution in [-0.2, 0) is 0 Å². The minimum atomic E-state index is -0.154. The molecule has 96 valence electrons. The van der Waals surface area contributed by atoms with Crippen LogP contribution in [0, 0.1) is 5.92 Å². The predicted octanol–water partition coefficient (Wildman–Crippen LogP) is 3.43. The lowest BCUT2D eigenvalue weighted by molar-refractivity contribution is 0.238. The Hall–Kier alpha value is -1.81. The highest BCUT2D eigenvalue weighted by Gasteiger charge is 2.23. The molecule has 1 aliphatic carbocycles. The van der Waals surface area contributed by atoms with E-state index in [0.717, 1.165) is 15.7 Å². The van der Waals surface area contributed by atoms with Gasteiger partial charge in [-0.3, -0.25) is 0 Å². The zero-order valence-corrected chi connectivity index (χ0v) is 11.7. The second kappa shape index (κ2) is 5.05. The molecule has 4 heteroatoms. The third-order valence-electron chi connectivity index (χ3n) is 3.23. The zero-order chi connectivity index (χ0) is 13.2. The lowest BCUT2D eigenvalue weighted by Crippen LogP contribution is -2.42. The number of carbonyl (C=O) groups excluding carboxylic acids is 1. The molecule has 2 amide bonds. The molecule has 0 aromatic heterocycles. The van der Waals surface area contributed by atoms with Crippen molar-refractivity contribution in [2.45, 2.75) is 6.04 Å². The Labute approximate surface area is 120 Å². The van der Waals surface area contributed by atoms with Crippen molar-refractivity contribution in [3.8, 4) is 0 Å². The van der Waals surface area contributed by atoms with E-state index >= 15 is 0 Å². The van der Waals surface area contributed by atoms with E-state index in [1.54, 1.807) is 0 Å². The summed E-state index contributed by atoms with van der Waals surface area (Å²) in [5.74, 6) is 0.170. The first-order valence-corrected chi connectivity index (χ1v) is 6.91. The number of amides is 2. The van der Waals surface area contributed by atoms with Gasteiger partial charge in [0.25, 0.3) is 0 Å². The number of urea groups is 1. The van der Waals surface area contributed by atoms with Crippen LogP contribution in [0.3, 0.4) is 0 Å². The molecule has 0 bridgehead atoms. The van der Waals surface area contributed by atoms with E-state index in [0.29, 0.717) is 0 Å². The van der Waals surface area contributed by atoms with Crippen LogP contribution in [0.25, 0.3) is 0 Å². The Morgan fingerprint density at radius 3 is 2.42 bits per heavy atom. The van der Waals surface area contributed by atoms with E-state index < -0.39 is 0 Å². The maximum atomic E-state index is 11.8. The summed E-state index contributed by atoms with van der Waals surface area (Å²) in [7, 11) is 0.